The van der Waals surface area contributed by atoms with E-state index in [4.69, 9.17) is 28.3 Å². The highest BCUT2D eigenvalue weighted by Crippen LogP contribution is 2.22. The summed E-state index contributed by atoms with van der Waals surface area (Å²) in [6, 6.07) is 8.85. The maximum atomic E-state index is 13.3. The summed E-state index contributed by atoms with van der Waals surface area (Å²) < 4.78 is 13.3. The molecule has 104 valence electrons. The van der Waals surface area contributed by atoms with Gasteiger partial charge in [-0.2, -0.15) is 0 Å². The van der Waals surface area contributed by atoms with Gasteiger partial charge in [0.05, 0.1) is 5.56 Å². The lowest BCUT2D eigenvalue weighted by atomic mass is 10.1. The fraction of sp³-hybridized carbons (Fsp3) is 0.0714. The largest absolute Gasteiger partial charge is 0.478 e. The average molecular weight is 314 g/mol. The first-order valence-corrected chi connectivity index (χ1v) is 6.43. The monoisotopic (exact) mass is 313 g/mol. The molecule has 0 bridgehead atoms. The summed E-state index contributed by atoms with van der Waals surface area (Å²) in [5.41, 5.74) is 0.868. The molecule has 0 heterocycles. The predicted molar refractivity (Wildman–Crippen MR) is 77.1 cm³/mol. The van der Waals surface area contributed by atoms with Crippen LogP contribution < -0.4 is 5.32 Å². The Morgan fingerprint density at radius 1 is 1.20 bits per heavy atom. The quantitative estimate of drug-likeness (QED) is 0.877. The zero-order valence-corrected chi connectivity index (χ0v) is 11.7. The molecule has 0 spiro atoms. The van der Waals surface area contributed by atoms with Crippen molar-refractivity contribution in [3.63, 3.8) is 0 Å². The minimum absolute atomic E-state index is 0.351. The van der Waals surface area contributed by atoms with Crippen molar-refractivity contribution in [2.75, 3.05) is 5.32 Å². The normalized spacial score (nSPS) is 10.3. The Bertz CT molecular complexity index is 662. The number of hydrogen-bond acceptors (Lipinski definition) is 2. The van der Waals surface area contributed by atoms with Gasteiger partial charge in [0.1, 0.15) is 5.82 Å². The van der Waals surface area contributed by atoms with Crippen LogP contribution in [0.3, 0.4) is 0 Å². The van der Waals surface area contributed by atoms with Crippen LogP contribution >= 0.6 is 23.2 Å². The van der Waals surface area contributed by atoms with E-state index in [0.717, 1.165) is 11.6 Å². The molecule has 0 saturated carbocycles. The summed E-state index contributed by atoms with van der Waals surface area (Å²) in [4.78, 5) is 10.8. The Kier molecular flexibility index (Phi) is 4.47. The molecule has 0 atom stereocenters. The van der Waals surface area contributed by atoms with Crippen molar-refractivity contribution in [2.45, 2.75) is 6.54 Å². The van der Waals surface area contributed by atoms with Crippen LogP contribution in [0.15, 0.2) is 36.4 Å². The predicted octanol–water partition coefficient (Wildman–Crippen LogP) is 4.44. The number of anilines is 1. The van der Waals surface area contributed by atoms with Crippen LogP contribution in [0.4, 0.5) is 10.1 Å². The number of hydrogen-bond donors (Lipinski definition) is 2. The highest BCUT2D eigenvalue weighted by molar-refractivity contribution is 6.33. The van der Waals surface area contributed by atoms with Crippen molar-refractivity contribution in [1.82, 2.24) is 0 Å². The molecule has 2 rings (SSSR count). The van der Waals surface area contributed by atoms with Gasteiger partial charge in [0.15, 0.2) is 0 Å². The van der Waals surface area contributed by atoms with Crippen molar-refractivity contribution < 1.29 is 14.3 Å². The molecule has 0 fully saturated rings. The first kappa shape index (κ1) is 14.6. The van der Waals surface area contributed by atoms with Crippen molar-refractivity contribution in [1.29, 1.82) is 0 Å². The van der Waals surface area contributed by atoms with Crippen LogP contribution in [0.2, 0.25) is 10.0 Å². The molecule has 6 heteroatoms. The standard InChI is InChI=1S/C14H10Cl2FNO2/c15-9-1-3-12(16)8(5-9)7-18-10-2-4-13(17)11(6-10)14(19)20/h1-6,18H,7H2,(H,19,20). The fourth-order valence-corrected chi connectivity index (χ4v) is 2.05. The van der Waals surface area contributed by atoms with E-state index in [1.807, 2.05) is 0 Å². The van der Waals surface area contributed by atoms with Crippen LogP contribution in [-0.4, -0.2) is 11.1 Å². The summed E-state index contributed by atoms with van der Waals surface area (Å²) in [6.07, 6.45) is 0. The molecular formula is C14H10Cl2FNO2. The molecule has 0 aliphatic rings. The third kappa shape index (κ3) is 3.40. The van der Waals surface area contributed by atoms with E-state index in [1.165, 1.54) is 12.1 Å². The Labute approximate surface area is 124 Å². The maximum absolute atomic E-state index is 13.3. The third-order valence-electron chi connectivity index (χ3n) is 2.69. The summed E-state index contributed by atoms with van der Waals surface area (Å²) in [5, 5.41) is 12.9. The van der Waals surface area contributed by atoms with Gasteiger partial charge in [0, 0.05) is 22.3 Å². The Morgan fingerprint density at radius 2 is 1.95 bits per heavy atom. The molecule has 0 amide bonds. The van der Waals surface area contributed by atoms with Gasteiger partial charge in [-0.1, -0.05) is 23.2 Å². The van der Waals surface area contributed by atoms with E-state index in [0.29, 0.717) is 22.3 Å². The van der Waals surface area contributed by atoms with E-state index in [-0.39, 0.29) is 5.56 Å². The number of carboxylic acid groups (broad SMARTS) is 1. The summed E-state index contributed by atoms with van der Waals surface area (Å²) in [7, 11) is 0. The average Bonchev–Trinajstić information content (AvgIpc) is 2.41. The van der Waals surface area contributed by atoms with E-state index in [9.17, 15) is 9.18 Å². The third-order valence-corrected chi connectivity index (χ3v) is 3.29. The smallest absolute Gasteiger partial charge is 0.338 e. The zero-order chi connectivity index (χ0) is 14.7. The second kappa shape index (κ2) is 6.11. The number of benzene rings is 2. The van der Waals surface area contributed by atoms with Crippen LogP contribution in [0, 0.1) is 5.82 Å². The van der Waals surface area contributed by atoms with E-state index >= 15 is 0 Å². The van der Waals surface area contributed by atoms with Gasteiger partial charge in [-0.25, -0.2) is 9.18 Å². The Balaban J connectivity index is 2.17. The van der Waals surface area contributed by atoms with E-state index in [1.54, 1.807) is 18.2 Å². The molecule has 0 unspecified atom stereocenters. The van der Waals surface area contributed by atoms with Gasteiger partial charge in [0.2, 0.25) is 0 Å². The Morgan fingerprint density at radius 3 is 2.65 bits per heavy atom. The molecule has 0 aromatic heterocycles. The van der Waals surface area contributed by atoms with E-state index in [2.05, 4.69) is 5.32 Å². The lowest BCUT2D eigenvalue weighted by molar-refractivity contribution is 0.0692. The minimum Gasteiger partial charge on any atom is -0.478 e. The maximum Gasteiger partial charge on any atom is 0.338 e. The lowest BCUT2D eigenvalue weighted by Gasteiger charge is -2.09. The van der Waals surface area contributed by atoms with Gasteiger partial charge in [0.25, 0.3) is 0 Å². The van der Waals surface area contributed by atoms with Crippen LogP contribution in [0.1, 0.15) is 15.9 Å². The molecule has 20 heavy (non-hydrogen) atoms. The first-order chi connectivity index (χ1) is 9.47. The van der Waals surface area contributed by atoms with Crippen molar-refractivity contribution in [3.8, 4) is 0 Å². The number of halogens is 3. The van der Waals surface area contributed by atoms with Gasteiger partial charge in [-0.05, 0) is 42.0 Å². The summed E-state index contributed by atoms with van der Waals surface area (Å²) in [5.74, 6) is -2.09. The fourth-order valence-electron chi connectivity index (χ4n) is 1.68. The number of carbonyl (C=O) groups is 1. The highest BCUT2D eigenvalue weighted by Gasteiger charge is 2.11. The molecule has 0 aliphatic carbocycles. The van der Waals surface area contributed by atoms with Crippen LogP contribution in [-0.2, 0) is 6.54 Å². The molecule has 0 radical (unpaired) electrons. The minimum atomic E-state index is -1.31. The molecule has 3 nitrogen and oxygen atoms in total. The number of carboxylic acids is 1. The first-order valence-electron chi connectivity index (χ1n) is 5.68. The second-order valence-electron chi connectivity index (χ2n) is 4.09. The van der Waals surface area contributed by atoms with Gasteiger partial charge in [-0.15, -0.1) is 0 Å². The summed E-state index contributed by atoms with van der Waals surface area (Å²) in [6.45, 7) is 0.351. The van der Waals surface area contributed by atoms with Crippen LogP contribution in [0.5, 0.6) is 0 Å². The van der Waals surface area contributed by atoms with Crippen LogP contribution in [0.25, 0.3) is 0 Å². The van der Waals surface area contributed by atoms with Crippen molar-refractivity contribution in [3.05, 3.63) is 63.4 Å². The number of aromatic carboxylic acids is 1. The molecule has 2 aromatic rings. The van der Waals surface area contributed by atoms with E-state index < -0.39 is 11.8 Å². The van der Waals surface area contributed by atoms with Crippen molar-refractivity contribution in [2.24, 2.45) is 0 Å². The molecule has 2 N–H and O–H groups in total. The molecule has 0 saturated heterocycles. The van der Waals surface area contributed by atoms with Gasteiger partial charge in [-0.3, -0.25) is 0 Å². The number of rotatable bonds is 4. The molecule has 0 aliphatic heterocycles. The molecule has 2 aromatic carbocycles. The second-order valence-corrected chi connectivity index (χ2v) is 4.93. The zero-order valence-electron chi connectivity index (χ0n) is 10.2. The number of nitrogens with one attached hydrogen (secondary N) is 1. The highest BCUT2D eigenvalue weighted by atomic mass is 35.5. The Hall–Kier alpha value is -1.78. The molecular weight excluding hydrogens is 304 g/mol. The topological polar surface area (TPSA) is 49.3 Å². The van der Waals surface area contributed by atoms with Gasteiger partial charge < -0.3 is 10.4 Å². The van der Waals surface area contributed by atoms with Crippen molar-refractivity contribution >= 4 is 34.9 Å². The van der Waals surface area contributed by atoms with Gasteiger partial charge >= 0.3 is 5.97 Å². The SMILES string of the molecule is O=C(O)c1cc(NCc2cc(Cl)ccc2Cl)ccc1F. The lowest BCUT2D eigenvalue weighted by Crippen LogP contribution is -2.04. The summed E-state index contributed by atoms with van der Waals surface area (Å²) >= 11 is 11.9.